The minimum absolute atomic E-state index is 0.0270. The summed E-state index contributed by atoms with van der Waals surface area (Å²) in [4.78, 5) is 13.4. The van der Waals surface area contributed by atoms with Crippen LogP contribution in [0, 0.1) is 0 Å². The second kappa shape index (κ2) is 9.10. The topological polar surface area (TPSA) is 59.5 Å². The normalized spacial score (nSPS) is 12.9. The Balaban J connectivity index is 1.97. The molecule has 0 bridgehead atoms. The van der Waals surface area contributed by atoms with E-state index < -0.39 is 0 Å². The molecule has 0 spiro atoms. The van der Waals surface area contributed by atoms with Crippen LogP contribution in [0.4, 0.5) is 0 Å². The number of rotatable bonds is 5. The minimum Gasteiger partial charge on any atom is -0.507 e. The van der Waals surface area contributed by atoms with Crippen molar-refractivity contribution < 1.29 is 9.90 Å². The quantitative estimate of drug-likeness (QED) is 0.457. The largest absolute Gasteiger partial charge is 0.507 e. The van der Waals surface area contributed by atoms with Crippen molar-refractivity contribution in [1.29, 1.82) is 0 Å². The Morgan fingerprint density at radius 3 is 1.97 bits per heavy atom. The van der Waals surface area contributed by atoms with E-state index in [1.165, 1.54) is 0 Å². The number of imidazole rings is 1. The molecule has 2 aromatic carbocycles. The van der Waals surface area contributed by atoms with Gasteiger partial charge in [0, 0.05) is 29.1 Å². The first kappa shape index (κ1) is 24.1. The van der Waals surface area contributed by atoms with Gasteiger partial charge in [0.05, 0.1) is 29.2 Å². The third-order valence-electron chi connectivity index (χ3n) is 5.57. The van der Waals surface area contributed by atoms with Crippen molar-refractivity contribution in [2.24, 2.45) is 4.02 Å². The maximum absolute atomic E-state index is 13.4. The first-order valence-electron chi connectivity index (χ1n) is 10.8. The molecular weight excluding hydrogens is 466 g/mol. The van der Waals surface area contributed by atoms with Crippen LogP contribution in [0.1, 0.15) is 68.6 Å². The summed E-state index contributed by atoms with van der Waals surface area (Å²) in [7, 11) is 0. The van der Waals surface area contributed by atoms with Gasteiger partial charge in [-0.05, 0) is 28.5 Å². The van der Waals surface area contributed by atoms with Gasteiger partial charge >= 0.3 is 0 Å². The number of phenols is 1. The minimum atomic E-state index is -0.289. The summed E-state index contributed by atoms with van der Waals surface area (Å²) in [6, 6.07) is 13.8. The van der Waals surface area contributed by atoms with Crippen LogP contribution in [0.3, 0.4) is 0 Å². The summed E-state index contributed by atoms with van der Waals surface area (Å²) in [5.74, 6) is 0.250. The van der Waals surface area contributed by atoms with Crippen molar-refractivity contribution in [3.63, 3.8) is 0 Å². The van der Waals surface area contributed by atoms with Gasteiger partial charge in [-0.1, -0.05) is 71.9 Å². The molecule has 32 heavy (non-hydrogen) atoms. The van der Waals surface area contributed by atoms with Gasteiger partial charge in [0.15, 0.2) is 5.78 Å². The molecule has 0 fully saturated rings. The monoisotopic (exact) mass is 497 g/mol. The Morgan fingerprint density at radius 1 is 0.938 bits per heavy atom. The third-order valence-corrected chi connectivity index (χ3v) is 5.89. The Bertz CT molecular complexity index is 1140. The lowest BCUT2D eigenvalue weighted by atomic mass is 9.78. The Hall–Kier alpha value is -2.60. The van der Waals surface area contributed by atoms with Gasteiger partial charge in [-0.15, -0.1) is 0 Å². The first-order chi connectivity index (χ1) is 14.9. The lowest BCUT2D eigenvalue weighted by Gasteiger charge is -2.28. The van der Waals surface area contributed by atoms with Crippen LogP contribution in [0.15, 0.2) is 58.9 Å². The Kier molecular flexibility index (Phi) is 6.84. The Morgan fingerprint density at radius 2 is 1.47 bits per heavy atom. The summed E-state index contributed by atoms with van der Waals surface area (Å²) in [5.41, 5.74) is 3.40. The molecule has 1 heterocycles. The highest BCUT2D eigenvalue weighted by molar-refractivity contribution is 9.08. The molecule has 1 N–H and O–H groups in total. The van der Waals surface area contributed by atoms with E-state index in [0.717, 1.165) is 16.7 Å². The summed E-state index contributed by atoms with van der Waals surface area (Å²) >= 11 is 3.22. The molecule has 1 aromatic heterocycles. The molecule has 0 aliphatic rings. The Labute approximate surface area is 198 Å². The van der Waals surface area contributed by atoms with Crippen LogP contribution >= 0.6 is 16.1 Å². The fourth-order valence-corrected chi connectivity index (χ4v) is 4.18. The van der Waals surface area contributed by atoms with E-state index in [2.05, 4.69) is 32.3 Å². The lowest BCUT2D eigenvalue weighted by Crippen LogP contribution is -2.28. The fourth-order valence-electron chi connectivity index (χ4n) is 3.77. The molecule has 0 saturated heterocycles. The average molecular weight is 498 g/mol. The number of carbonyl (C=O) groups excluding carboxylic acids is 1. The molecule has 5 nitrogen and oxygen atoms in total. The van der Waals surface area contributed by atoms with Gasteiger partial charge in [-0.25, -0.2) is 0 Å². The number of benzene rings is 2. The van der Waals surface area contributed by atoms with Gasteiger partial charge < -0.3 is 14.2 Å². The van der Waals surface area contributed by atoms with Gasteiger partial charge in [-0.2, -0.15) is 4.02 Å². The second-order valence-electron chi connectivity index (χ2n) is 10.3. The zero-order chi connectivity index (χ0) is 23.7. The van der Waals surface area contributed by atoms with E-state index in [1.54, 1.807) is 0 Å². The number of phenolic OH excluding ortho intramolecular Hbond substituents is 1. The summed E-state index contributed by atoms with van der Waals surface area (Å²) in [6.45, 7) is 13.1. The smallest absolute Gasteiger partial charge is 0.217 e. The molecule has 170 valence electrons. The van der Waals surface area contributed by atoms with Gasteiger partial charge in [0.2, 0.25) is 5.62 Å². The SMILES string of the molecule is CC(C)(C)c1cc(C(=O)Cn2ccn(Cc3ccccc3)/c2=N/Br)cc(C(C)(C)C)c1O. The van der Waals surface area contributed by atoms with Crippen LogP contribution in [-0.4, -0.2) is 20.0 Å². The number of carbonyl (C=O) groups is 1. The molecule has 0 unspecified atom stereocenters. The van der Waals surface area contributed by atoms with Crippen LogP contribution in [0.25, 0.3) is 0 Å². The maximum atomic E-state index is 13.4. The summed E-state index contributed by atoms with van der Waals surface area (Å²) < 4.78 is 8.08. The van der Waals surface area contributed by atoms with E-state index in [0.29, 0.717) is 17.7 Å². The van der Waals surface area contributed by atoms with E-state index in [4.69, 9.17) is 0 Å². The van der Waals surface area contributed by atoms with Crippen molar-refractivity contribution in [2.75, 3.05) is 0 Å². The highest BCUT2D eigenvalue weighted by Crippen LogP contribution is 2.39. The van der Waals surface area contributed by atoms with Crippen molar-refractivity contribution in [3.05, 3.63) is 82.7 Å². The zero-order valence-corrected chi connectivity index (χ0v) is 21.3. The molecular formula is C26H32BrN3O2. The van der Waals surface area contributed by atoms with Crippen molar-refractivity contribution in [2.45, 2.75) is 65.5 Å². The summed E-state index contributed by atoms with van der Waals surface area (Å²) in [5, 5.41) is 10.9. The van der Waals surface area contributed by atoms with Gasteiger partial charge in [0.1, 0.15) is 5.75 Å². The van der Waals surface area contributed by atoms with Gasteiger partial charge in [-0.3, -0.25) is 4.79 Å². The van der Waals surface area contributed by atoms with Crippen LogP contribution in [-0.2, 0) is 23.9 Å². The number of aromatic hydroxyl groups is 1. The summed E-state index contributed by atoms with van der Waals surface area (Å²) in [6.07, 6.45) is 3.80. The average Bonchev–Trinajstić information content (AvgIpc) is 3.08. The lowest BCUT2D eigenvalue weighted by molar-refractivity contribution is 0.0970. The number of ketones is 1. The molecule has 0 amide bonds. The molecule has 0 aliphatic heterocycles. The fraction of sp³-hybridized carbons (Fsp3) is 0.385. The number of hydrogen-bond donors (Lipinski definition) is 1. The molecule has 0 saturated carbocycles. The molecule has 3 aromatic rings. The van der Waals surface area contributed by atoms with Crippen molar-refractivity contribution >= 4 is 21.9 Å². The highest BCUT2D eigenvalue weighted by atomic mass is 79.9. The molecule has 0 radical (unpaired) electrons. The third kappa shape index (κ3) is 5.23. The molecule has 6 heteroatoms. The molecule has 3 rings (SSSR count). The van der Waals surface area contributed by atoms with Gasteiger partial charge in [0.25, 0.3) is 0 Å². The second-order valence-corrected chi connectivity index (χ2v) is 10.6. The maximum Gasteiger partial charge on any atom is 0.217 e. The van der Waals surface area contributed by atoms with Crippen molar-refractivity contribution in [3.8, 4) is 5.75 Å². The highest BCUT2D eigenvalue weighted by Gasteiger charge is 2.28. The molecule has 0 aliphatic carbocycles. The number of aromatic nitrogens is 2. The van der Waals surface area contributed by atoms with Crippen LogP contribution in [0.2, 0.25) is 0 Å². The molecule has 0 atom stereocenters. The van der Waals surface area contributed by atoms with E-state index in [1.807, 2.05) is 93.4 Å². The van der Waals surface area contributed by atoms with Crippen LogP contribution in [0.5, 0.6) is 5.75 Å². The standard InChI is InChI=1S/C26H32BrN3O2/c1-25(2,3)20-14-19(15-21(23(20)32)26(4,5)6)22(31)17-30-13-12-29(24(30)28-27)16-18-10-8-7-9-11-18/h7-15,32H,16-17H2,1-6H3/b28-24-. The zero-order valence-electron chi connectivity index (χ0n) is 19.7. The van der Waals surface area contributed by atoms with Crippen molar-refractivity contribution in [1.82, 2.24) is 9.13 Å². The van der Waals surface area contributed by atoms with E-state index >= 15 is 0 Å². The van der Waals surface area contributed by atoms with Crippen LogP contribution < -0.4 is 5.62 Å². The van der Waals surface area contributed by atoms with E-state index in [9.17, 15) is 9.90 Å². The first-order valence-corrected chi connectivity index (χ1v) is 11.5. The number of nitrogens with zero attached hydrogens (tertiary/aromatic N) is 3. The number of halogens is 1. The number of Topliss-reactive ketones (excluding diaryl/α,β-unsaturated/α-hetero) is 1. The predicted molar refractivity (Wildman–Crippen MR) is 132 cm³/mol. The van der Waals surface area contributed by atoms with E-state index in [-0.39, 0.29) is 28.9 Å². The predicted octanol–water partition coefficient (Wildman–Crippen LogP) is 5.73. The number of hydrogen-bond acceptors (Lipinski definition) is 3.